The Labute approximate surface area is 96.0 Å². The van der Waals surface area contributed by atoms with Crippen molar-refractivity contribution >= 4 is 24.4 Å². The number of fused-ring (bicyclic) bond motifs is 1. The van der Waals surface area contributed by atoms with Gasteiger partial charge in [0.1, 0.15) is 6.04 Å². The molecular formula is C10H18N2O2S. The largest absolute Gasteiger partial charge is 0.335 e. The molecule has 0 radical (unpaired) electrons. The third-order valence-electron chi connectivity index (χ3n) is 2.86. The highest BCUT2D eigenvalue weighted by molar-refractivity contribution is 7.79. The molecule has 4 nitrogen and oxygen atoms in total. The number of nitrogens with zero attached hydrogens (tertiary/aromatic N) is 2. The number of likely N-dealkylation sites (N-methyl/N-ethyl adjacent to an activating group) is 1. The third-order valence-corrected chi connectivity index (χ3v) is 2.86. The second-order valence-corrected chi connectivity index (χ2v) is 3.79. The van der Waals surface area contributed by atoms with Gasteiger partial charge < -0.3 is 9.80 Å². The zero-order valence-corrected chi connectivity index (χ0v) is 10.2. The summed E-state index contributed by atoms with van der Waals surface area (Å²) in [5.41, 5.74) is 0. The topological polar surface area (TPSA) is 40.6 Å². The van der Waals surface area contributed by atoms with E-state index in [-0.39, 0.29) is 24.4 Å². The summed E-state index contributed by atoms with van der Waals surface area (Å²) in [5.74, 6) is 0.214. The Balaban J connectivity index is 0.000000531. The molecule has 2 heterocycles. The zero-order chi connectivity index (χ0) is 11.4. The SMILES string of the molecule is CN1CC(=O)N2CCCCC2C1=O.CS. The number of rotatable bonds is 0. The van der Waals surface area contributed by atoms with Crippen molar-refractivity contribution in [1.29, 1.82) is 0 Å². The molecule has 86 valence electrons. The molecule has 2 saturated heterocycles. The molecule has 0 aromatic rings. The molecule has 2 rings (SSSR count). The smallest absolute Gasteiger partial charge is 0.245 e. The minimum atomic E-state index is -0.153. The van der Waals surface area contributed by atoms with Crippen molar-refractivity contribution in [2.45, 2.75) is 25.3 Å². The molecule has 0 aromatic carbocycles. The lowest BCUT2D eigenvalue weighted by molar-refractivity contribution is -0.156. The summed E-state index contributed by atoms with van der Waals surface area (Å²) in [5, 5.41) is 0. The summed E-state index contributed by atoms with van der Waals surface area (Å²) < 4.78 is 0. The van der Waals surface area contributed by atoms with Crippen molar-refractivity contribution in [2.75, 3.05) is 26.4 Å². The lowest BCUT2D eigenvalue weighted by Crippen LogP contribution is -2.60. The van der Waals surface area contributed by atoms with Gasteiger partial charge in [0.05, 0.1) is 6.54 Å². The van der Waals surface area contributed by atoms with Gasteiger partial charge in [0, 0.05) is 13.6 Å². The van der Waals surface area contributed by atoms with Crippen molar-refractivity contribution < 1.29 is 9.59 Å². The summed E-state index contributed by atoms with van der Waals surface area (Å²) in [7, 11) is 1.70. The summed E-state index contributed by atoms with van der Waals surface area (Å²) >= 11 is 3.53. The minimum Gasteiger partial charge on any atom is -0.335 e. The van der Waals surface area contributed by atoms with Gasteiger partial charge in [-0.1, -0.05) is 0 Å². The number of carbonyl (C=O) groups excluding carboxylic acids is 2. The van der Waals surface area contributed by atoms with E-state index in [0.29, 0.717) is 0 Å². The van der Waals surface area contributed by atoms with Gasteiger partial charge in [-0.25, -0.2) is 0 Å². The van der Waals surface area contributed by atoms with Crippen molar-refractivity contribution in [3.63, 3.8) is 0 Å². The van der Waals surface area contributed by atoms with Crippen molar-refractivity contribution in [3.05, 3.63) is 0 Å². The van der Waals surface area contributed by atoms with Crippen LogP contribution in [0.4, 0.5) is 0 Å². The van der Waals surface area contributed by atoms with Crippen LogP contribution in [0, 0.1) is 0 Å². The Bertz CT molecular complexity index is 258. The number of carbonyl (C=O) groups is 2. The Morgan fingerprint density at radius 2 is 1.93 bits per heavy atom. The predicted octanol–water partition coefficient (Wildman–Crippen LogP) is 0.385. The number of piperazine rings is 1. The van der Waals surface area contributed by atoms with Crippen LogP contribution in [0.2, 0.25) is 0 Å². The molecule has 2 aliphatic rings. The van der Waals surface area contributed by atoms with Crippen LogP contribution in [0.3, 0.4) is 0 Å². The van der Waals surface area contributed by atoms with E-state index >= 15 is 0 Å². The second kappa shape index (κ2) is 5.39. The van der Waals surface area contributed by atoms with Gasteiger partial charge in [-0.05, 0) is 25.5 Å². The number of hydrogen-bond acceptors (Lipinski definition) is 3. The van der Waals surface area contributed by atoms with Crippen molar-refractivity contribution in [2.24, 2.45) is 0 Å². The standard InChI is InChI=1S/C9H14N2O2.CH4S/c1-10-6-8(12)11-5-3-2-4-7(11)9(10)13;1-2/h7H,2-6H2,1H3;2H,1H3. The summed E-state index contributed by atoms with van der Waals surface area (Å²) in [4.78, 5) is 26.4. The third kappa shape index (κ3) is 2.45. The fraction of sp³-hybridized carbons (Fsp3) is 0.800. The van der Waals surface area contributed by atoms with Crippen LogP contribution in [0.5, 0.6) is 0 Å². The van der Waals surface area contributed by atoms with Crippen LogP contribution in [0.25, 0.3) is 0 Å². The van der Waals surface area contributed by atoms with E-state index in [1.807, 2.05) is 0 Å². The highest BCUT2D eigenvalue weighted by atomic mass is 32.1. The molecule has 2 amide bonds. The average molecular weight is 230 g/mol. The first-order valence-electron chi connectivity index (χ1n) is 5.19. The number of thiol groups is 1. The van der Waals surface area contributed by atoms with Crippen LogP contribution in [-0.4, -0.2) is 54.0 Å². The molecule has 0 saturated carbocycles. The van der Waals surface area contributed by atoms with Gasteiger partial charge in [0.15, 0.2) is 0 Å². The van der Waals surface area contributed by atoms with Gasteiger partial charge in [0.25, 0.3) is 0 Å². The Morgan fingerprint density at radius 1 is 1.27 bits per heavy atom. The molecule has 2 fully saturated rings. The highest BCUT2D eigenvalue weighted by Gasteiger charge is 2.38. The van der Waals surface area contributed by atoms with Gasteiger partial charge >= 0.3 is 0 Å². The first-order chi connectivity index (χ1) is 7.20. The average Bonchev–Trinajstić information content (AvgIpc) is 2.29. The van der Waals surface area contributed by atoms with Crippen LogP contribution >= 0.6 is 12.6 Å². The first kappa shape index (κ1) is 12.4. The van der Waals surface area contributed by atoms with E-state index in [4.69, 9.17) is 0 Å². The molecule has 0 N–H and O–H groups in total. The molecule has 0 spiro atoms. The van der Waals surface area contributed by atoms with Crippen molar-refractivity contribution in [3.8, 4) is 0 Å². The van der Waals surface area contributed by atoms with Crippen LogP contribution in [0.15, 0.2) is 0 Å². The van der Waals surface area contributed by atoms with Crippen LogP contribution in [0.1, 0.15) is 19.3 Å². The Morgan fingerprint density at radius 3 is 2.60 bits per heavy atom. The molecule has 5 heteroatoms. The zero-order valence-electron chi connectivity index (χ0n) is 9.27. The summed E-state index contributed by atoms with van der Waals surface area (Å²) in [6, 6.07) is -0.153. The molecule has 0 aromatic heterocycles. The predicted molar refractivity (Wildman–Crippen MR) is 61.9 cm³/mol. The van der Waals surface area contributed by atoms with Gasteiger partial charge in [0.2, 0.25) is 11.8 Å². The van der Waals surface area contributed by atoms with E-state index < -0.39 is 0 Å². The molecule has 0 aliphatic carbocycles. The first-order valence-corrected chi connectivity index (χ1v) is 6.09. The maximum atomic E-state index is 11.6. The molecule has 1 atom stereocenters. The highest BCUT2D eigenvalue weighted by Crippen LogP contribution is 2.21. The lowest BCUT2D eigenvalue weighted by atomic mass is 9.99. The van der Waals surface area contributed by atoms with E-state index in [1.54, 1.807) is 18.2 Å². The fourth-order valence-corrected chi connectivity index (χ4v) is 2.11. The number of piperidine rings is 1. The van der Waals surface area contributed by atoms with E-state index in [2.05, 4.69) is 12.6 Å². The lowest BCUT2D eigenvalue weighted by Gasteiger charge is -2.41. The van der Waals surface area contributed by atoms with Gasteiger partial charge in [-0.3, -0.25) is 9.59 Å². The Hall–Kier alpha value is -0.710. The quantitative estimate of drug-likeness (QED) is 0.611. The molecular weight excluding hydrogens is 212 g/mol. The number of hydrogen-bond donors (Lipinski definition) is 1. The normalized spacial score (nSPS) is 25.7. The maximum Gasteiger partial charge on any atom is 0.245 e. The van der Waals surface area contributed by atoms with Crippen molar-refractivity contribution in [1.82, 2.24) is 9.80 Å². The van der Waals surface area contributed by atoms with Gasteiger partial charge in [-0.15, -0.1) is 0 Å². The van der Waals surface area contributed by atoms with E-state index in [0.717, 1.165) is 25.8 Å². The van der Waals surface area contributed by atoms with E-state index in [1.165, 1.54) is 4.90 Å². The molecule has 0 bridgehead atoms. The summed E-state index contributed by atoms with van der Waals surface area (Å²) in [6.45, 7) is 1.03. The second-order valence-electron chi connectivity index (χ2n) is 3.79. The van der Waals surface area contributed by atoms with Crippen LogP contribution < -0.4 is 0 Å². The maximum absolute atomic E-state index is 11.6. The summed E-state index contributed by atoms with van der Waals surface area (Å²) in [6.07, 6.45) is 4.64. The monoisotopic (exact) mass is 230 g/mol. The minimum absolute atomic E-state index is 0.104. The fourth-order valence-electron chi connectivity index (χ4n) is 2.11. The molecule has 15 heavy (non-hydrogen) atoms. The molecule has 1 unspecified atom stereocenters. The van der Waals surface area contributed by atoms with E-state index in [9.17, 15) is 9.59 Å². The Kier molecular flexibility index (Phi) is 4.45. The van der Waals surface area contributed by atoms with Crippen LogP contribution in [-0.2, 0) is 9.59 Å². The molecule has 2 aliphatic heterocycles. The number of amides is 2. The van der Waals surface area contributed by atoms with Gasteiger partial charge in [-0.2, -0.15) is 12.6 Å².